The van der Waals surface area contributed by atoms with E-state index in [4.69, 9.17) is 9.47 Å². The van der Waals surface area contributed by atoms with Crippen molar-refractivity contribution in [2.45, 2.75) is 31.9 Å². The van der Waals surface area contributed by atoms with Gasteiger partial charge in [-0.05, 0) is 75.4 Å². The average Bonchev–Trinajstić information content (AvgIpc) is 3.29. The minimum absolute atomic E-state index is 0.0685. The van der Waals surface area contributed by atoms with Crippen LogP contribution in [-0.2, 0) is 16.0 Å². The molecule has 1 fully saturated rings. The van der Waals surface area contributed by atoms with Crippen molar-refractivity contribution in [1.29, 1.82) is 0 Å². The smallest absolute Gasteiger partial charge is 0.295 e. The van der Waals surface area contributed by atoms with E-state index in [0.717, 1.165) is 29.8 Å². The van der Waals surface area contributed by atoms with Crippen molar-refractivity contribution in [3.8, 4) is 11.5 Å². The summed E-state index contributed by atoms with van der Waals surface area (Å²) in [6.07, 6.45) is 1.51. The molecule has 0 spiro atoms. The number of likely N-dealkylation sites (tertiary alicyclic amines) is 1. The second-order valence-electron chi connectivity index (χ2n) is 8.88. The van der Waals surface area contributed by atoms with Gasteiger partial charge in [-0.25, -0.2) is 0 Å². The molecule has 2 aliphatic rings. The monoisotopic (exact) mass is 450 g/mol. The van der Waals surface area contributed by atoms with Gasteiger partial charge in [0.05, 0.1) is 18.7 Å². The molecule has 1 amide bonds. The van der Waals surface area contributed by atoms with Crippen LogP contribution in [0.25, 0.3) is 5.76 Å². The second kappa shape index (κ2) is 9.27. The summed E-state index contributed by atoms with van der Waals surface area (Å²) in [6.45, 7) is 3.18. The lowest BCUT2D eigenvalue weighted by atomic mass is 9.94. The zero-order valence-corrected chi connectivity index (χ0v) is 19.5. The van der Waals surface area contributed by atoms with Crippen LogP contribution in [0, 0.1) is 0 Å². The van der Waals surface area contributed by atoms with Crippen LogP contribution in [0.2, 0.25) is 0 Å². The van der Waals surface area contributed by atoms with Crippen LogP contribution in [0.1, 0.15) is 36.1 Å². The van der Waals surface area contributed by atoms with Gasteiger partial charge in [0.25, 0.3) is 11.7 Å². The Morgan fingerprint density at radius 2 is 1.91 bits per heavy atom. The minimum Gasteiger partial charge on any atom is -0.507 e. The Bertz CT molecular complexity index is 1090. The van der Waals surface area contributed by atoms with Gasteiger partial charge < -0.3 is 24.4 Å². The Morgan fingerprint density at radius 1 is 1.18 bits per heavy atom. The molecule has 1 saturated heterocycles. The molecule has 1 N–H and O–H groups in total. The van der Waals surface area contributed by atoms with Crippen LogP contribution in [0.15, 0.2) is 48.0 Å². The minimum atomic E-state index is -0.665. The molecule has 7 nitrogen and oxygen atoms in total. The van der Waals surface area contributed by atoms with Gasteiger partial charge in [0, 0.05) is 18.5 Å². The van der Waals surface area contributed by atoms with Gasteiger partial charge in [-0.2, -0.15) is 0 Å². The highest BCUT2D eigenvalue weighted by molar-refractivity contribution is 6.46. The first-order valence-electron chi connectivity index (χ1n) is 11.2. The van der Waals surface area contributed by atoms with E-state index in [9.17, 15) is 14.7 Å². The van der Waals surface area contributed by atoms with E-state index in [2.05, 4.69) is 0 Å². The number of amides is 1. The molecule has 0 unspecified atom stereocenters. The van der Waals surface area contributed by atoms with Crippen LogP contribution in [0.5, 0.6) is 11.5 Å². The number of hydrogen-bond donors (Lipinski definition) is 1. The summed E-state index contributed by atoms with van der Waals surface area (Å²) < 4.78 is 11.0. The largest absolute Gasteiger partial charge is 0.507 e. The number of nitrogens with zero attached hydrogens (tertiary/aromatic N) is 2. The lowest BCUT2D eigenvalue weighted by Crippen LogP contribution is -2.32. The molecule has 2 aromatic carbocycles. The fraction of sp³-hybridized carbons (Fsp3) is 0.385. The molecule has 2 aromatic rings. The van der Waals surface area contributed by atoms with Gasteiger partial charge >= 0.3 is 0 Å². The number of carbonyl (C=O) groups is 2. The Morgan fingerprint density at radius 3 is 2.58 bits per heavy atom. The Hall–Kier alpha value is -3.32. The molecule has 0 radical (unpaired) electrons. The van der Waals surface area contributed by atoms with E-state index in [-0.39, 0.29) is 17.4 Å². The summed E-state index contributed by atoms with van der Waals surface area (Å²) in [5.41, 5.74) is 2.35. The highest BCUT2D eigenvalue weighted by atomic mass is 16.5. The molecule has 174 valence electrons. The first kappa shape index (κ1) is 22.9. The summed E-state index contributed by atoms with van der Waals surface area (Å²) >= 11 is 0. The van der Waals surface area contributed by atoms with Crippen molar-refractivity contribution in [2.24, 2.45) is 0 Å². The van der Waals surface area contributed by atoms with E-state index in [0.29, 0.717) is 24.3 Å². The lowest BCUT2D eigenvalue weighted by molar-refractivity contribution is -0.139. The third-order valence-corrected chi connectivity index (χ3v) is 6.15. The highest BCUT2D eigenvalue weighted by Gasteiger charge is 2.45. The molecule has 2 atom stereocenters. The third kappa shape index (κ3) is 4.46. The van der Waals surface area contributed by atoms with Gasteiger partial charge in [0.1, 0.15) is 23.4 Å². The van der Waals surface area contributed by atoms with Gasteiger partial charge in [-0.15, -0.1) is 0 Å². The molecule has 4 rings (SSSR count). The first-order chi connectivity index (χ1) is 15.8. The van der Waals surface area contributed by atoms with Crippen molar-refractivity contribution in [1.82, 2.24) is 9.80 Å². The number of Topliss-reactive ketones (excluding diaryl/α,β-unsaturated/α-hetero) is 1. The van der Waals surface area contributed by atoms with Crippen molar-refractivity contribution in [3.05, 3.63) is 64.7 Å². The molecular formula is C26H30N2O5. The molecule has 2 heterocycles. The predicted molar refractivity (Wildman–Crippen MR) is 125 cm³/mol. The molecule has 0 saturated carbocycles. The molecule has 0 aliphatic carbocycles. The van der Waals surface area contributed by atoms with Gasteiger partial charge in [0.15, 0.2) is 0 Å². The molecule has 33 heavy (non-hydrogen) atoms. The van der Waals surface area contributed by atoms with Crippen LogP contribution in [0.4, 0.5) is 0 Å². The number of fused-ring (bicyclic) bond motifs is 1. The number of benzene rings is 2. The number of aliphatic hydroxyl groups excluding tert-OH is 1. The fourth-order valence-electron chi connectivity index (χ4n) is 4.53. The summed E-state index contributed by atoms with van der Waals surface area (Å²) in [5, 5.41) is 11.3. The van der Waals surface area contributed by atoms with E-state index >= 15 is 0 Å². The number of hydrogen-bond acceptors (Lipinski definition) is 6. The molecule has 0 bridgehead atoms. The Balaban J connectivity index is 1.77. The maximum Gasteiger partial charge on any atom is 0.295 e. The van der Waals surface area contributed by atoms with Crippen LogP contribution in [-0.4, -0.2) is 67.0 Å². The summed E-state index contributed by atoms with van der Waals surface area (Å²) in [6, 6.07) is 12.0. The topological polar surface area (TPSA) is 79.3 Å². The number of rotatable bonds is 7. The number of aliphatic hydroxyl groups is 1. The zero-order chi connectivity index (χ0) is 23.7. The van der Waals surface area contributed by atoms with Gasteiger partial charge in [0.2, 0.25) is 0 Å². The lowest BCUT2D eigenvalue weighted by Gasteiger charge is -2.26. The summed E-state index contributed by atoms with van der Waals surface area (Å²) in [5.74, 6) is 0.0510. The average molecular weight is 451 g/mol. The van der Waals surface area contributed by atoms with Gasteiger partial charge in [-0.3, -0.25) is 9.59 Å². The van der Waals surface area contributed by atoms with E-state index < -0.39 is 17.7 Å². The maximum atomic E-state index is 13.2. The Kier molecular flexibility index (Phi) is 6.42. The summed E-state index contributed by atoms with van der Waals surface area (Å²) in [4.78, 5) is 29.8. The SMILES string of the molecule is COc1ccc([C@H]2/C(=C(\O)c3ccc4c(c3)C[C@@H](C)O4)C(=O)C(=O)N2CCCN(C)C)cc1. The first-order valence-corrected chi connectivity index (χ1v) is 11.2. The molecular weight excluding hydrogens is 420 g/mol. The van der Waals surface area contributed by atoms with Gasteiger partial charge in [-0.1, -0.05) is 12.1 Å². The number of carbonyl (C=O) groups excluding carboxylic acids is 2. The van der Waals surface area contributed by atoms with Crippen LogP contribution < -0.4 is 9.47 Å². The predicted octanol–water partition coefficient (Wildman–Crippen LogP) is 3.39. The van der Waals surface area contributed by atoms with Crippen molar-refractivity contribution >= 4 is 17.4 Å². The van der Waals surface area contributed by atoms with Crippen molar-refractivity contribution in [2.75, 3.05) is 34.3 Å². The molecule has 2 aliphatic heterocycles. The van der Waals surface area contributed by atoms with Crippen molar-refractivity contribution < 1.29 is 24.2 Å². The number of methoxy groups -OCH3 is 1. The zero-order valence-electron chi connectivity index (χ0n) is 19.5. The van der Waals surface area contributed by atoms with E-state index in [1.807, 2.05) is 50.2 Å². The number of ketones is 1. The van der Waals surface area contributed by atoms with Crippen LogP contribution in [0.3, 0.4) is 0 Å². The van der Waals surface area contributed by atoms with Crippen molar-refractivity contribution in [3.63, 3.8) is 0 Å². The maximum absolute atomic E-state index is 13.2. The highest BCUT2D eigenvalue weighted by Crippen LogP contribution is 2.41. The van der Waals surface area contributed by atoms with E-state index in [1.165, 1.54) is 0 Å². The van der Waals surface area contributed by atoms with Crippen LogP contribution >= 0.6 is 0 Å². The molecule has 0 aromatic heterocycles. The van der Waals surface area contributed by atoms with E-state index in [1.54, 1.807) is 30.2 Å². The normalized spacial score (nSPS) is 21.4. The fourth-order valence-corrected chi connectivity index (χ4v) is 4.53. The quantitative estimate of drug-likeness (QED) is 0.396. The third-order valence-electron chi connectivity index (χ3n) is 6.15. The standard InChI is InChI=1S/C26H30N2O5/c1-16-14-19-15-18(8-11-21(19)33-16)24(29)22-23(17-6-9-20(32-4)10-7-17)28(26(31)25(22)30)13-5-12-27(2)3/h6-11,15-16,23,29H,5,12-14H2,1-4H3/b24-22+/t16-,23+/m1/s1. The second-order valence-corrected chi connectivity index (χ2v) is 8.88. The molecule has 7 heteroatoms. The number of ether oxygens (including phenoxy) is 2. The summed E-state index contributed by atoms with van der Waals surface area (Å²) in [7, 11) is 5.52. The Labute approximate surface area is 194 Å².